The SMILES string of the molecule is CCCCNC(N)=NCCCC1CCCC1.I. The van der Waals surface area contributed by atoms with E-state index in [0.29, 0.717) is 5.96 Å². The smallest absolute Gasteiger partial charge is 0.188 e. The van der Waals surface area contributed by atoms with Crippen molar-refractivity contribution in [3.05, 3.63) is 0 Å². The van der Waals surface area contributed by atoms with Gasteiger partial charge in [0.15, 0.2) is 5.96 Å². The Morgan fingerprint density at radius 3 is 2.65 bits per heavy atom. The number of halogens is 1. The van der Waals surface area contributed by atoms with Gasteiger partial charge in [0.2, 0.25) is 0 Å². The highest BCUT2D eigenvalue weighted by atomic mass is 127. The molecule has 1 saturated carbocycles. The third kappa shape index (κ3) is 8.69. The zero-order valence-corrected chi connectivity index (χ0v) is 13.4. The molecular formula is C13H28IN3. The number of nitrogens with two attached hydrogens (primary N) is 1. The van der Waals surface area contributed by atoms with Gasteiger partial charge in [-0.2, -0.15) is 0 Å². The predicted octanol–water partition coefficient (Wildman–Crippen LogP) is 3.28. The first kappa shape index (κ1) is 17.0. The van der Waals surface area contributed by atoms with Crippen LogP contribution in [0.25, 0.3) is 0 Å². The lowest BCUT2D eigenvalue weighted by Crippen LogP contribution is -2.32. The van der Waals surface area contributed by atoms with Crippen molar-refractivity contribution in [3.8, 4) is 0 Å². The zero-order valence-electron chi connectivity index (χ0n) is 11.1. The highest BCUT2D eigenvalue weighted by Crippen LogP contribution is 2.28. The summed E-state index contributed by atoms with van der Waals surface area (Å²) in [5.74, 6) is 1.60. The summed E-state index contributed by atoms with van der Waals surface area (Å²) in [5.41, 5.74) is 5.75. The van der Waals surface area contributed by atoms with Gasteiger partial charge in [-0.05, 0) is 25.2 Å². The lowest BCUT2D eigenvalue weighted by Gasteiger charge is -2.07. The van der Waals surface area contributed by atoms with Crippen LogP contribution < -0.4 is 11.1 Å². The summed E-state index contributed by atoms with van der Waals surface area (Å²) in [5, 5.41) is 3.14. The van der Waals surface area contributed by atoms with E-state index in [1.165, 1.54) is 44.9 Å². The summed E-state index contributed by atoms with van der Waals surface area (Å²) < 4.78 is 0. The Bertz CT molecular complexity index is 201. The van der Waals surface area contributed by atoms with Crippen molar-refractivity contribution in [2.45, 2.75) is 58.3 Å². The van der Waals surface area contributed by atoms with Gasteiger partial charge in [-0.3, -0.25) is 4.99 Å². The summed E-state index contributed by atoms with van der Waals surface area (Å²) in [4.78, 5) is 4.34. The largest absolute Gasteiger partial charge is 0.370 e. The molecule has 1 rings (SSSR count). The first-order chi connectivity index (χ1) is 7.83. The fourth-order valence-electron chi connectivity index (χ4n) is 2.33. The Kier molecular flexibility index (Phi) is 11.1. The van der Waals surface area contributed by atoms with Crippen molar-refractivity contribution < 1.29 is 0 Å². The minimum Gasteiger partial charge on any atom is -0.370 e. The van der Waals surface area contributed by atoms with Gasteiger partial charge >= 0.3 is 0 Å². The fraction of sp³-hybridized carbons (Fsp3) is 0.923. The molecule has 0 bridgehead atoms. The molecular weight excluding hydrogens is 325 g/mol. The van der Waals surface area contributed by atoms with Gasteiger partial charge in [-0.15, -0.1) is 24.0 Å². The lowest BCUT2D eigenvalue weighted by molar-refractivity contribution is 0.488. The Balaban J connectivity index is 0.00000256. The number of nitrogens with zero attached hydrogens (tertiary/aromatic N) is 1. The van der Waals surface area contributed by atoms with Crippen LogP contribution in [0.1, 0.15) is 58.3 Å². The number of hydrogen-bond donors (Lipinski definition) is 2. The third-order valence-corrected chi connectivity index (χ3v) is 3.36. The van der Waals surface area contributed by atoms with Crippen LogP contribution in [0.4, 0.5) is 0 Å². The molecule has 0 atom stereocenters. The normalized spacial score (nSPS) is 16.9. The minimum atomic E-state index is 0. The molecule has 0 heterocycles. The average molecular weight is 353 g/mol. The summed E-state index contributed by atoms with van der Waals surface area (Å²) in [6.07, 6.45) is 10.7. The molecule has 4 heteroatoms. The van der Waals surface area contributed by atoms with E-state index in [-0.39, 0.29) is 24.0 Å². The van der Waals surface area contributed by atoms with E-state index in [1.807, 2.05) is 0 Å². The van der Waals surface area contributed by atoms with Crippen LogP contribution in [0, 0.1) is 5.92 Å². The van der Waals surface area contributed by atoms with Gasteiger partial charge in [0.05, 0.1) is 0 Å². The second-order valence-electron chi connectivity index (χ2n) is 4.84. The standard InChI is InChI=1S/C13H27N3.HI/c1-2-3-10-15-13(14)16-11-6-9-12-7-4-5-8-12;/h12H,2-11H2,1H3,(H3,14,15,16);1H. The van der Waals surface area contributed by atoms with Gasteiger partial charge in [-0.25, -0.2) is 0 Å². The van der Waals surface area contributed by atoms with Crippen molar-refractivity contribution in [1.82, 2.24) is 5.32 Å². The van der Waals surface area contributed by atoms with E-state index < -0.39 is 0 Å². The van der Waals surface area contributed by atoms with E-state index >= 15 is 0 Å². The molecule has 0 spiro atoms. The lowest BCUT2D eigenvalue weighted by atomic mass is 10.0. The van der Waals surface area contributed by atoms with Crippen LogP contribution in [-0.4, -0.2) is 19.0 Å². The van der Waals surface area contributed by atoms with Gasteiger partial charge < -0.3 is 11.1 Å². The first-order valence-electron chi connectivity index (χ1n) is 6.86. The summed E-state index contributed by atoms with van der Waals surface area (Å²) in [6, 6.07) is 0. The van der Waals surface area contributed by atoms with Gasteiger partial charge in [0, 0.05) is 13.1 Å². The van der Waals surface area contributed by atoms with Gasteiger partial charge in [0.1, 0.15) is 0 Å². The molecule has 3 nitrogen and oxygen atoms in total. The van der Waals surface area contributed by atoms with Crippen LogP contribution in [0.2, 0.25) is 0 Å². The maximum absolute atomic E-state index is 5.75. The van der Waals surface area contributed by atoms with Crippen LogP contribution in [0.3, 0.4) is 0 Å². The number of guanidine groups is 1. The summed E-state index contributed by atoms with van der Waals surface area (Å²) in [7, 11) is 0. The molecule has 1 aliphatic rings. The molecule has 102 valence electrons. The topological polar surface area (TPSA) is 50.4 Å². The highest BCUT2D eigenvalue weighted by Gasteiger charge is 2.13. The quantitative estimate of drug-likeness (QED) is 0.319. The minimum absolute atomic E-state index is 0. The van der Waals surface area contributed by atoms with E-state index in [1.54, 1.807) is 0 Å². The molecule has 3 N–H and O–H groups in total. The summed E-state index contributed by atoms with van der Waals surface area (Å²) in [6.45, 7) is 4.02. The third-order valence-electron chi connectivity index (χ3n) is 3.36. The Morgan fingerprint density at radius 2 is 2.00 bits per heavy atom. The molecule has 0 amide bonds. The Morgan fingerprint density at radius 1 is 1.29 bits per heavy atom. The van der Waals surface area contributed by atoms with Crippen LogP contribution in [0.15, 0.2) is 4.99 Å². The molecule has 0 aliphatic heterocycles. The Hall–Kier alpha value is 0. The number of aliphatic imine (C=N–C) groups is 1. The maximum atomic E-state index is 5.75. The first-order valence-corrected chi connectivity index (χ1v) is 6.86. The van der Waals surface area contributed by atoms with E-state index in [0.717, 1.165) is 25.4 Å². The van der Waals surface area contributed by atoms with Crippen molar-refractivity contribution in [1.29, 1.82) is 0 Å². The summed E-state index contributed by atoms with van der Waals surface area (Å²) >= 11 is 0. The number of unbranched alkanes of at least 4 members (excludes halogenated alkanes) is 1. The van der Waals surface area contributed by atoms with Crippen molar-refractivity contribution in [2.75, 3.05) is 13.1 Å². The fourth-order valence-corrected chi connectivity index (χ4v) is 2.33. The van der Waals surface area contributed by atoms with Crippen LogP contribution in [0.5, 0.6) is 0 Å². The second-order valence-corrected chi connectivity index (χ2v) is 4.84. The van der Waals surface area contributed by atoms with Crippen molar-refractivity contribution >= 4 is 29.9 Å². The maximum Gasteiger partial charge on any atom is 0.188 e. The second kappa shape index (κ2) is 11.1. The van der Waals surface area contributed by atoms with Gasteiger partial charge in [-0.1, -0.05) is 39.0 Å². The number of rotatable bonds is 7. The molecule has 0 aromatic rings. The Labute approximate surface area is 123 Å². The van der Waals surface area contributed by atoms with Crippen LogP contribution in [-0.2, 0) is 0 Å². The molecule has 1 aliphatic carbocycles. The van der Waals surface area contributed by atoms with E-state index in [2.05, 4.69) is 17.2 Å². The van der Waals surface area contributed by atoms with E-state index in [4.69, 9.17) is 5.73 Å². The van der Waals surface area contributed by atoms with E-state index in [9.17, 15) is 0 Å². The van der Waals surface area contributed by atoms with Gasteiger partial charge in [0.25, 0.3) is 0 Å². The molecule has 0 saturated heterocycles. The van der Waals surface area contributed by atoms with Crippen molar-refractivity contribution in [3.63, 3.8) is 0 Å². The molecule has 1 fully saturated rings. The predicted molar refractivity (Wildman–Crippen MR) is 86.0 cm³/mol. The monoisotopic (exact) mass is 353 g/mol. The average Bonchev–Trinajstić information content (AvgIpc) is 2.78. The number of hydrogen-bond acceptors (Lipinski definition) is 1. The molecule has 0 aromatic heterocycles. The number of nitrogens with one attached hydrogen (secondary N) is 1. The highest BCUT2D eigenvalue weighted by molar-refractivity contribution is 14.0. The molecule has 0 aromatic carbocycles. The molecule has 0 radical (unpaired) electrons. The van der Waals surface area contributed by atoms with Crippen molar-refractivity contribution in [2.24, 2.45) is 16.6 Å². The molecule has 17 heavy (non-hydrogen) atoms. The zero-order chi connectivity index (χ0) is 11.6. The van der Waals surface area contributed by atoms with Crippen LogP contribution >= 0.6 is 24.0 Å². The molecule has 0 unspecified atom stereocenters.